The first-order chi connectivity index (χ1) is 6.77. The maximum absolute atomic E-state index is 13.4. The summed E-state index contributed by atoms with van der Waals surface area (Å²) in [6.07, 6.45) is 0. The molecule has 1 fully saturated rings. The molecule has 3 nitrogen and oxygen atoms in total. The molecular formula is C10H14ClFN2O. The van der Waals surface area contributed by atoms with Gasteiger partial charge in [0.05, 0.1) is 0 Å². The lowest BCUT2D eigenvalue weighted by Crippen LogP contribution is -2.42. The van der Waals surface area contributed by atoms with E-state index in [9.17, 15) is 4.39 Å². The SMILES string of the molecule is Cl.Oc1ccc([C@@H]2CNCCN2)c(F)c1. The molecule has 15 heavy (non-hydrogen) atoms. The van der Waals surface area contributed by atoms with Crippen molar-refractivity contribution < 1.29 is 9.50 Å². The van der Waals surface area contributed by atoms with E-state index < -0.39 is 0 Å². The second-order valence-electron chi connectivity index (χ2n) is 3.42. The Labute approximate surface area is 94.1 Å². The van der Waals surface area contributed by atoms with Crippen LogP contribution in [0.2, 0.25) is 0 Å². The molecule has 1 heterocycles. The molecule has 1 aromatic carbocycles. The summed E-state index contributed by atoms with van der Waals surface area (Å²) >= 11 is 0. The molecule has 0 amide bonds. The molecule has 1 aromatic rings. The summed E-state index contributed by atoms with van der Waals surface area (Å²) in [4.78, 5) is 0. The lowest BCUT2D eigenvalue weighted by molar-refractivity contribution is 0.413. The van der Waals surface area contributed by atoms with Crippen LogP contribution in [0.25, 0.3) is 0 Å². The summed E-state index contributed by atoms with van der Waals surface area (Å²) < 4.78 is 13.4. The summed E-state index contributed by atoms with van der Waals surface area (Å²) in [7, 11) is 0. The van der Waals surface area contributed by atoms with E-state index in [0.29, 0.717) is 5.56 Å². The number of piperazine rings is 1. The van der Waals surface area contributed by atoms with Gasteiger partial charge in [-0.1, -0.05) is 6.07 Å². The Morgan fingerprint density at radius 3 is 2.73 bits per heavy atom. The number of rotatable bonds is 1. The minimum Gasteiger partial charge on any atom is -0.508 e. The summed E-state index contributed by atoms with van der Waals surface area (Å²) in [6, 6.07) is 4.28. The molecule has 1 aliphatic heterocycles. The van der Waals surface area contributed by atoms with E-state index in [4.69, 9.17) is 5.11 Å². The molecule has 0 spiro atoms. The van der Waals surface area contributed by atoms with Gasteiger partial charge in [0, 0.05) is 37.3 Å². The van der Waals surface area contributed by atoms with Crippen LogP contribution in [-0.2, 0) is 0 Å². The topological polar surface area (TPSA) is 44.3 Å². The van der Waals surface area contributed by atoms with Crippen LogP contribution < -0.4 is 10.6 Å². The summed E-state index contributed by atoms with van der Waals surface area (Å²) in [5, 5.41) is 15.5. The number of benzene rings is 1. The molecule has 0 saturated carbocycles. The van der Waals surface area contributed by atoms with Crippen LogP contribution in [0, 0.1) is 5.82 Å². The van der Waals surface area contributed by atoms with Gasteiger partial charge in [-0.2, -0.15) is 0 Å². The van der Waals surface area contributed by atoms with Gasteiger partial charge in [0.1, 0.15) is 11.6 Å². The number of hydrogen-bond acceptors (Lipinski definition) is 3. The van der Waals surface area contributed by atoms with Gasteiger partial charge < -0.3 is 15.7 Å². The Kier molecular flexibility index (Phi) is 4.32. The summed E-state index contributed by atoms with van der Waals surface area (Å²) in [6.45, 7) is 2.48. The third-order valence-electron chi connectivity index (χ3n) is 2.40. The first-order valence-electron chi connectivity index (χ1n) is 4.70. The number of halogens is 2. The highest BCUT2D eigenvalue weighted by Gasteiger charge is 2.17. The number of nitrogens with one attached hydrogen (secondary N) is 2. The van der Waals surface area contributed by atoms with Crippen molar-refractivity contribution in [3.8, 4) is 5.75 Å². The molecule has 0 aromatic heterocycles. The first kappa shape index (κ1) is 12.2. The Hall–Kier alpha value is -0.840. The molecule has 5 heteroatoms. The molecule has 84 valence electrons. The molecular weight excluding hydrogens is 219 g/mol. The number of hydrogen-bond donors (Lipinski definition) is 3. The van der Waals surface area contributed by atoms with E-state index in [0.717, 1.165) is 25.7 Å². The van der Waals surface area contributed by atoms with Gasteiger partial charge in [-0.15, -0.1) is 12.4 Å². The third-order valence-corrected chi connectivity index (χ3v) is 2.40. The standard InChI is InChI=1S/C10H13FN2O.ClH/c11-9-5-7(14)1-2-8(9)10-6-12-3-4-13-10;/h1-2,5,10,12-14H,3-4,6H2;1H/t10-;/m0./s1. The minimum absolute atomic E-state index is 0. The van der Waals surface area contributed by atoms with E-state index in [1.165, 1.54) is 6.07 Å². The fourth-order valence-electron chi connectivity index (χ4n) is 1.67. The average molecular weight is 233 g/mol. The molecule has 1 atom stereocenters. The largest absolute Gasteiger partial charge is 0.508 e. The zero-order valence-corrected chi connectivity index (χ0v) is 8.98. The predicted molar refractivity (Wildman–Crippen MR) is 58.9 cm³/mol. The van der Waals surface area contributed by atoms with Crippen LogP contribution in [0.4, 0.5) is 4.39 Å². The van der Waals surface area contributed by atoms with Crippen molar-refractivity contribution in [2.24, 2.45) is 0 Å². The number of aromatic hydroxyl groups is 1. The zero-order chi connectivity index (χ0) is 9.97. The highest BCUT2D eigenvalue weighted by atomic mass is 35.5. The Morgan fingerprint density at radius 1 is 1.33 bits per heavy atom. The van der Waals surface area contributed by atoms with Crippen molar-refractivity contribution in [3.05, 3.63) is 29.6 Å². The highest BCUT2D eigenvalue weighted by molar-refractivity contribution is 5.85. The summed E-state index contributed by atoms with van der Waals surface area (Å²) in [5.41, 5.74) is 0.606. The number of phenolic OH excluding ortho intramolecular Hbond substituents is 1. The van der Waals surface area contributed by atoms with Crippen molar-refractivity contribution in [3.63, 3.8) is 0 Å². The van der Waals surface area contributed by atoms with Crippen LogP contribution in [0.15, 0.2) is 18.2 Å². The summed E-state index contributed by atoms with van der Waals surface area (Å²) in [5.74, 6) is -0.388. The molecule has 0 bridgehead atoms. The molecule has 0 unspecified atom stereocenters. The lowest BCUT2D eigenvalue weighted by Gasteiger charge is -2.25. The maximum atomic E-state index is 13.4. The molecule has 1 aliphatic rings. The fourth-order valence-corrected chi connectivity index (χ4v) is 1.67. The van der Waals surface area contributed by atoms with Gasteiger partial charge in [0.2, 0.25) is 0 Å². The second-order valence-corrected chi connectivity index (χ2v) is 3.42. The monoisotopic (exact) mass is 232 g/mol. The van der Waals surface area contributed by atoms with E-state index in [1.807, 2.05) is 0 Å². The first-order valence-corrected chi connectivity index (χ1v) is 4.70. The van der Waals surface area contributed by atoms with Crippen molar-refractivity contribution in [1.29, 1.82) is 0 Å². The van der Waals surface area contributed by atoms with E-state index >= 15 is 0 Å². The van der Waals surface area contributed by atoms with Gasteiger partial charge in [-0.25, -0.2) is 4.39 Å². The predicted octanol–water partition coefficient (Wildman–Crippen LogP) is 1.19. The Balaban J connectivity index is 0.00000112. The van der Waals surface area contributed by atoms with Gasteiger partial charge >= 0.3 is 0 Å². The van der Waals surface area contributed by atoms with Gasteiger partial charge in [0.15, 0.2) is 0 Å². The number of phenols is 1. The smallest absolute Gasteiger partial charge is 0.131 e. The van der Waals surface area contributed by atoms with Crippen molar-refractivity contribution in [1.82, 2.24) is 10.6 Å². The Morgan fingerprint density at radius 2 is 2.13 bits per heavy atom. The minimum atomic E-state index is -0.355. The van der Waals surface area contributed by atoms with Crippen molar-refractivity contribution >= 4 is 12.4 Å². The van der Waals surface area contributed by atoms with E-state index in [2.05, 4.69) is 10.6 Å². The zero-order valence-electron chi connectivity index (χ0n) is 8.16. The molecule has 0 aliphatic carbocycles. The highest BCUT2D eigenvalue weighted by Crippen LogP contribution is 2.21. The third kappa shape index (κ3) is 2.81. The molecule has 3 N–H and O–H groups in total. The van der Waals surface area contributed by atoms with E-state index in [-0.39, 0.29) is 30.0 Å². The van der Waals surface area contributed by atoms with Crippen molar-refractivity contribution in [2.75, 3.05) is 19.6 Å². The molecule has 1 saturated heterocycles. The molecule has 2 rings (SSSR count). The van der Waals surface area contributed by atoms with Gasteiger partial charge in [-0.3, -0.25) is 0 Å². The van der Waals surface area contributed by atoms with Crippen LogP contribution in [-0.4, -0.2) is 24.7 Å². The normalized spacial score (nSPS) is 20.7. The van der Waals surface area contributed by atoms with Crippen LogP contribution in [0.1, 0.15) is 11.6 Å². The quantitative estimate of drug-likeness (QED) is 0.682. The lowest BCUT2D eigenvalue weighted by atomic mass is 10.0. The van der Waals surface area contributed by atoms with Crippen LogP contribution >= 0.6 is 12.4 Å². The van der Waals surface area contributed by atoms with Crippen molar-refractivity contribution in [2.45, 2.75) is 6.04 Å². The average Bonchev–Trinajstić information content (AvgIpc) is 2.19. The fraction of sp³-hybridized carbons (Fsp3) is 0.400. The van der Waals surface area contributed by atoms with E-state index in [1.54, 1.807) is 6.07 Å². The maximum Gasteiger partial charge on any atom is 0.131 e. The van der Waals surface area contributed by atoms with Crippen LogP contribution in [0.5, 0.6) is 5.75 Å². The van der Waals surface area contributed by atoms with Gasteiger partial charge in [0.25, 0.3) is 0 Å². The molecule has 0 radical (unpaired) electrons. The van der Waals surface area contributed by atoms with Gasteiger partial charge in [-0.05, 0) is 6.07 Å². The van der Waals surface area contributed by atoms with Crippen LogP contribution in [0.3, 0.4) is 0 Å². The Bertz CT molecular complexity index is 329. The second kappa shape index (κ2) is 5.30.